The Morgan fingerprint density at radius 1 is 1.37 bits per heavy atom. The van der Waals surface area contributed by atoms with Crippen molar-refractivity contribution < 1.29 is 4.74 Å². The number of aryl methyl sites for hydroxylation is 1. The fourth-order valence-electron chi connectivity index (χ4n) is 1.83. The lowest BCUT2D eigenvalue weighted by Crippen LogP contribution is -2.35. The SMILES string of the molecule is COc1ccc(C)cc1Cn1c(=O)[nH]cc(Br)c1=O. The molecule has 19 heavy (non-hydrogen) atoms. The van der Waals surface area contributed by atoms with Gasteiger partial charge in [-0.25, -0.2) is 4.79 Å². The van der Waals surface area contributed by atoms with Crippen LogP contribution in [0.3, 0.4) is 0 Å². The van der Waals surface area contributed by atoms with Crippen molar-refractivity contribution in [3.63, 3.8) is 0 Å². The molecule has 0 aliphatic heterocycles. The summed E-state index contributed by atoms with van der Waals surface area (Å²) >= 11 is 3.11. The molecule has 1 N–H and O–H groups in total. The molecule has 0 atom stereocenters. The fraction of sp³-hybridized carbons (Fsp3) is 0.231. The van der Waals surface area contributed by atoms with Crippen LogP contribution in [0, 0.1) is 6.92 Å². The molecule has 1 aromatic heterocycles. The second-order valence-electron chi connectivity index (χ2n) is 4.15. The minimum atomic E-state index is -0.447. The number of benzene rings is 1. The van der Waals surface area contributed by atoms with Gasteiger partial charge in [0.1, 0.15) is 5.75 Å². The van der Waals surface area contributed by atoms with E-state index in [1.165, 1.54) is 6.20 Å². The molecule has 1 aromatic carbocycles. The van der Waals surface area contributed by atoms with Crippen molar-refractivity contribution in [1.29, 1.82) is 0 Å². The maximum absolute atomic E-state index is 11.9. The van der Waals surface area contributed by atoms with Gasteiger partial charge in [-0.1, -0.05) is 17.7 Å². The Kier molecular flexibility index (Phi) is 3.90. The number of hydrogen-bond acceptors (Lipinski definition) is 3. The Morgan fingerprint density at radius 2 is 2.11 bits per heavy atom. The third kappa shape index (κ3) is 2.78. The normalized spacial score (nSPS) is 10.5. The van der Waals surface area contributed by atoms with E-state index in [1.807, 2.05) is 25.1 Å². The Morgan fingerprint density at radius 3 is 2.79 bits per heavy atom. The van der Waals surface area contributed by atoms with Gasteiger partial charge in [0.05, 0.1) is 18.1 Å². The molecule has 100 valence electrons. The number of halogens is 1. The standard InChI is InChI=1S/C13H13BrN2O3/c1-8-3-4-11(19-2)9(5-8)7-16-12(17)10(14)6-15-13(16)18/h3-6H,7H2,1-2H3,(H,15,18). The Labute approximate surface area is 118 Å². The number of aromatic nitrogens is 2. The average Bonchev–Trinajstić information content (AvgIpc) is 2.39. The highest BCUT2D eigenvalue weighted by molar-refractivity contribution is 9.10. The number of hydrogen-bond donors (Lipinski definition) is 1. The number of nitrogens with zero attached hydrogens (tertiary/aromatic N) is 1. The first-order chi connectivity index (χ1) is 9.02. The minimum absolute atomic E-state index is 0.165. The average molecular weight is 325 g/mol. The summed E-state index contributed by atoms with van der Waals surface area (Å²) in [5.74, 6) is 0.650. The number of H-pyrrole nitrogens is 1. The molecule has 6 heteroatoms. The van der Waals surface area contributed by atoms with Gasteiger partial charge >= 0.3 is 5.69 Å². The molecule has 0 radical (unpaired) electrons. The summed E-state index contributed by atoms with van der Waals surface area (Å²) in [5.41, 5.74) is 1.01. The summed E-state index contributed by atoms with van der Waals surface area (Å²) in [5, 5.41) is 0. The minimum Gasteiger partial charge on any atom is -0.496 e. The van der Waals surface area contributed by atoms with E-state index in [0.29, 0.717) is 10.2 Å². The monoisotopic (exact) mass is 324 g/mol. The fourth-order valence-corrected chi connectivity index (χ4v) is 2.16. The van der Waals surface area contributed by atoms with Gasteiger partial charge in [0.2, 0.25) is 0 Å². The molecular formula is C13H13BrN2O3. The number of ether oxygens (including phenoxy) is 1. The van der Waals surface area contributed by atoms with Crippen LogP contribution in [0.15, 0.2) is 38.5 Å². The molecule has 0 amide bonds. The molecule has 0 aliphatic carbocycles. The second kappa shape index (κ2) is 5.44. The van der Waals surface area contributed by atoms with E-state index >= 15 is 0 Å². The van der Waals surface area contributed by atoms with Gasteiger partial charge in [-0.15, -0.1) is 0 Å². The third-order valence-corrected chi connectivity index (χ3v) is 3.35. The highest BCUT2D eigenvalue weighted by Gasteiger charge is 2.09. The van der Waals surface area contributed by atoms with Gasteiger partial charge in [0.15, 0.2) is 0 Å². The van der Waals surface area contributed by atoms with Crippen LogP contribution in [0.1, 0.15) is 11.1 Å². The lowest BCUT2D eigenvalue weighted by molar-refractivity contribution is 0.407. The molecular weight excluding hydrogens is 312 g/mol. The largest absolute Gasteiger partial charge is 0.496 e. The number of nitrogens with one attached hydrogen (secondary N) is 1. The zero-order valence-corrected chi connectivity index (χ0v) is 12.2. The van der Waals surface area contributed by atoms with Crippen LogP contribution < -0.4 is 16.0 Å². The first-order valence-electron chi connectivity index (χ1n) is 5.64. The van der Waals surface area contributed by atoms with Gasteiger partial charge in [-0.3, -0.25) is 9.36 Å². The van der Waals surface area contributed by atoms with Crippen LogP contribution in [-0.4, -0.2) is 16.7 Å². The first kappa shape index (κ1) is 13.6. The van der Waals surface area contributed by atoms with Crippen molar-refractivity contribution >= 4 is 15.9 Å². The van der Waals surface area contributed by atoms with Gasteiger partial charge in [0.25, 0.3) is 5.56 Å². The van der Waals surface area contributed by atoms with Gasteiger partial charge in [-0.05, 0) is 28.9 Å². The van der Waals surface area contributed by atoms with Crippen molar-refractivity contribution in [2.75, 3.05) is 7.11 Å². The predicted octanol–water partition coefficient (Wildman–Crippen LogP) is 1.66. The first-order valence-corrected chi connectivity index (χ1v) is 6.43. The molecule has 0 saturated heterocycles. The quantitative estimate of drug-likeness (QED) is 0.934. The van der Waals surface area contributed by atoms with E-state index < -0.39 is 5.69 Å². The number of methoxy groups -OCH3 is 1. The number of rotatable bonds is 3. The van der Waals surface area contributed by atoms with Crippen molar-refractivity contribution in [3.05, 3.63) is 60.8 Å². The highest BCUT2D eigenvalue weighted by Crippen LogP contribution is 2.19. The number of aromatic amines is 1. The maximum atomic E-state index is 11.9. The van der Waals surface area contributed by atoms with Gasteiger partial charge in [-0.2, -0.15) is 0 Å². The van der Waals surface area contributed by atoms with E-state index in [2.05, 4.69) is 20.9 Å². The molecule has 1 heterocycles. The van der Waals surface area contributed by atoms with Crippen LogP contribution in [0.5, 0.6) is 5.75 Å². The van der Waals surface area contributed by atoms with Crippen LogP contribution in [0.25, 0.3) is 0 Å². The molecule has 0 spiro atoms. The summed E-state index contributed by atoms with van der Waals surface area (Å²) in [6, 6.07) is 5.63. The molecule has 0 fully saturated rings. The highest BCUT2D eigenvalue weighted by atomic mass is 79.9. The maximum Gasteiger partial charge on any atom is 0.328 e. The zero-order chi connectivity index (χ0) is 14.0. The van der Waals surface area contributed by atoms with E-state index in [4.69, 9.17) is 4.74 Å². The van der Waals surface area contributed by atoms with Crippen LogP contribution in [-0.2, 0) is 6.54 Å². The van der Waals surface area contributed by atoms with Crippen molar-refractivity contribution in [1.82, 2.24) is 9.55 Å². The van der Waals surface area contributed by atoms with Crippen molar-refractivity contribution in [2.45, 2.75) is 13.5 Å². The molecule has 0 aliphatic rings. The third-order valence-electron chi connectivity index (χ3n) is 2.78. The predicted molar refractivity (Wildman–Crippen MR) is 75.9 cm³/mol. The lowest BCUT2D eigenvalue weighted by Gasteiger charge is -2.10. The molecule has 0 unspecified atom stereocenters. The van der Waals surface area contributed by atoms with Gasteiger partial charge in [0, 0.05) is 11.8 Å². The van der Waals surface area contributed by atoms with Crippen molar-refractivity contribution in [3.8, 4) is 5.75 Å². The Hall–Kier alpha value is -1.82. The van der Waals surface area contributed by atoms with E-state index in [1.54, 1.807) is 7.11 Å². The zero-order valence-electron chi connectivity index (χ0n) is 10.6. The van der Waals surface area contributed by atoms with E-state index in [0.717, 1.165) is 15.7 Å². The van der Waals surface area contributed by atoms with Crippen LogP contribution in [0.4, 0.5) is 0 Å². The molecule has 2 rings (SSSR count). The Balaban J connectivity index is 2.53. The van der Waals surface area contributed by atoms with Crippen LogP contribution >= 0.6 is 15.9 Å². The Bertz CT molecular complexity index is 719. The lowest BCUT2D eigenvalue weighted by atomic mass is 10.1. The summed E-state index contributed by atoms with van der Waals surface area (Å²) in [4.78, 5) is 26.2. The molecule has 0 saturated carbocycles. The van der Waals surface area contributed by atoms with E-state index in [-0.39, 0.29) is 12.1 Å². The smallest absolute Gasteiger partial charge is 0.328 e. The topological polar surface area (TPSA) is 64.1 Å². The summed E-state index contributed by atoms with van der Waals surface area (Å²) in [6.07, 6.45) is 1.34. The van der Waals surface area contributed by atoms with Crippen LogP contribution in [0.2, 0.25) is 0 Å². The van der Waals surface area contributed by atoms with Gasteiger partial charge < -0.3 is 9.72 Å². The summed E-state index contributed by atoms with van der Waals surface area (Å²) in [6.45, 7) is 2.11. The summed E-state index contributed by atoms with van der Waals surface area (Å²) < 4.78 is 6.69. The second-order valence-corrected chi connectivity index (χ2v) is 5.00. The molecule has 5 nitrogen and oxygen atoms in total. The van der Waals surface area contributed by atoms with E-state index in [9.17, 15) is 9.59 Å². The molecule has 2 aromatic rings. The summed E-state index contributed by atoms with van der Waals surface area (Å²) in [7, 11) is 1.56. The van der Waals surface area contributed by atoms with Crippen molar-refractivity contribution in [2.24, 2.45) is 0 Å². The molecule has 0 bridgehead atoms.